The van der Waals surface area contributed by atoms with Gasteiger partial charge in [-0.15, -0.1) is 0 Å². The van der Waals surface area contributed by atoms with Crippen LogP contribution in [0.5, 0.6) is 0 Å². The summed E-state index contributed by atoms with van der Waals surface area (Å²) in [5.74, 6) is -0.787. The summed E-state index contributed by atoms with van der Waals surface area (Å²) in [6.07, 6.45) is 0. The topological polar surface area (TPSA) is 72.6 Å². The highest BCUT2D eigenvalue weighted by atomic mass is 35.5. The number of halogens is 1. The predicted octanol–water partition coefficient (Wildman–Crippen LogP) is 1.95. The lowest BCUT2D eigenvalue weighted by Gasteiger charge is -2.20. The minimum Gasteiger partial charge on any atom is -0.465 e. The van der Waals surface area contributed by atoms with Crippen LogP contribution < -0.4 is 5.73 Å². The van der Waals surface area contributed by atoms with Crippen LogP contribution in [-0.2, 0) is 9.53 Å². The van der Waals surface area contributed by atoms with Gasteiger partial charge in [0, 0.05) is 6.54 Å². The third kappa shape index (κ3) is 3.86. The minimum atomic E-state index is -0.447. The van der Waals surface area contributed by atoms with Crippen LogP contribution in [0.25, 0.3) is 0 Å². The number of carbonyl (C=O) groups excluding carboxylic acids is 2. The molecule has 0 saturated carbocycles. The Labute approximate surface area is 117 Å². The van der Waals surface area contributed by atoms with Crippen LogP contribution in [0.3, 0.4) is 0 Å². The Morgan fingerprint density at radius 2 is 2.05 bits per heavy atom. The van der Waals surface area contributed by atoms with Gasteiger partial charge in [-0.05, 0) is 26.0 Å². The summed E-state index contributed by atoms with van der Waals surface area (Å²) in [7, 11) is 0. The molecule has 0 atom stereocenters. The number of nitrogens with two attached hydrogens (primary N) is 1. The van der Waals surface area contributed by atoms with Gasteiger partial charge in [-0.3, -0.25) is 9.59 Å². The van der Waals surface area contributed by atoms with Crippen molar-refractivity contribution in [1.82, 2.24) is 4.90 Å². The number of esters is 1. The van der Waals surface area contributed by atoms with Gasteiger partial charge in [0.2, 0.25) is 0 Å². The van der Waals surface area contributed by atoms with E-state index in [0.29, 0.717) is 12.2 Å². The van der Waals surface area contributed by atoms with Gasteiger partial charge in [0.05, 0.1) is 22.9 Å². The molecule has 0 aliphatic rings. The van der Waals surface area contributed by atoms with E-state index in [1.807, 2.05) is 0 Å². The quantitative estimate of drug-likeness (QED) is 0.662. The van der Waals surface area contributed by atoms with Crippen LogP contribution in [0.4, 0.5) is 5.69 Å². The van der Waals surface area contributed by atoms with Crippen LogP contribution in [-0.4, -0.2) is 36.5 Å². The Bertz CT molecular complexity index is 477. The Morgan fingerprint density at radius 1 is 1.37 bits per heavy atom. The van der Waals surface area contributed by atoms with Crippen LogP contribution in [0.2, 0.25) is 5.02 Å². The molecule has 1 aromatic rings. The Morgan fingerprint density at radius 3 is 2.63 bits per heavy atom. The van der Waals surface area contributed by atoms with Crippen LogP contribution in [0, 0.1) is 0 Å². The van der Waals surface area contributed by atoms with E-state index in [4.69, 9.17) is 22.1 Å². The fraction of sp³-hybridized carbons (Fsp3) is 0.385. The van der Waals surface area contributed by atoms with Crippen molar-refractivity contribution >= 4 is 29.2 Å². The van der Waals surface area contributed by atoms with Crippen molar-refractivity contribution in [1.29, 1.82) is 0 Å². The zero-order valence-corrected chi connectivity index (χ0v) is 11.7. The molecule has 0 bridgehead atoms. The monoisotopic (exact) mass is 284 g/mol. The maximum Gasteiger partial charge on any atom is 0.325 e. The molecule has 0 aromatic heterocycles. The zero-order chi connectivity index (χ0) is 14.4. The first-order valence-corrected chi connectivity index (χ1v) is 6.37. The van der Waals surface area contributed by atoms with Crippen molar-refractivity contribution < 1.29 is 14.3 Å². The lowest BCUT2D eigenvalue weighted by Crippen LogP contribution is -2.36. The maximum absolute atomic E-state index is 12.3. The van der Waals surface area contributed by atoms with E-state index in [-0.39, 0.29) is 29.6 Å². The highest BCUT2D eigenvalue weighted by Gasteiger charge is 2.20. The summed E-state index contributed by atoms with van der Waals surface area (Å²) in [5.41, 5.74) is 6.27. The van der Waals surface area contributed by atoms with E-state index in [1.165, 1.54) is 4.90 Å². The van der Waals surface area contributed by atoms with Crippen molar-refractivity contribution in [3.05, 3.63) is 28.8 Å². The Kier molecular flexibility index (Phi) is 5.63. The average molecular weight is 285 g/mol. The number of carbonyl (C=O) groups is 2. The lowest BCUT2D eigenvalue weighted by atomic mass is 10.1. The molecule has 0 aliphatic heterocycles. The van der Waals surface area contributed by atoms with Crippen LogP contribution in [0.1, 0.15) is 24.2 Å². The second-order valence-electron chi connectivity index (χ2n) is 3.83. The highest BCUT2D eigenvalue weighted by molar-refractivity contribution is 6.36. The molecule has 0 fully saturated rings. The van der Waals surface area contributed by atoms with E-state index in [9.17, 15) is 9.59 Å². The van der Waals surface area contributed by atoms with Crippen molar-refractivity contribution in [2.24, 2.45) is 0 Å². The highest BCUT2D eigenvalue weighted by Crippen LogP contribution is 2.24. The average Bonchev–Trinajstić information content (AvgIpc) is 2.39. The molecule has 1 amide bonds. The Hall–Kier alpha value is -1.75. The van der Waals surface area contributed by atoms with Gasteiger partial charge >= 0.3 is 5.97 Å². The van der Waals surface area contributed by atoms with E-state index >= 15 is 0 Å². The summed E-state index contributed by atoms with van der Waals surface area (Å²) in [6, 6.07) is 4.84. The molecule has 0 radical (unpaired) electrons. The number of hydrogen-bond acceptors (Lipinski definition) is 4. The summed E-state index contributed by atoms with van der Waals surface area (Å²) >= 11 is 6.00. The molecule has 0 saturated heterocycles. The lowest BCUT2D eigenvalue weighted by molar-refractivity contribution is -0.143. The third-order valence-electron chi connectivity index (χ3n) is 2.55. The number of ether oxygens (including phenoxy) is 1. The number of rotatable bonds is 5. The molecule has 0 heterocycles. The number of amides is 1. The molecule has 0 unspecified atom stereocenters. The number of nitrogens with zero attached hydrogens (tertiary/aromatic N) is 1. The molecular weight excluding hydrogens is 268 g/mol. The Balaban J connectivity index is 2.89. The first-order valence-electron chi connectivity index (χ1n) is 6.00. The molecular formula is C13H17ClN2O3. The predicted molar refractivity (Wildman–Crippen MR) is 74.1 cm³/mol. The first kappa shape index (κ1) is 15.3. The first-order chi connectivity index (χ1) is 9.01. The molecule has 0 spiro atoms. The van der Waals surface area contributed by atoms with Gasteiger partial charge < -0.3 is 15.4 Å². The van der Waals surface area contributed by atoms with Crippen molar-refractivity contribution in [2.75, 3.05) is 25.4 Å². The molecule has 5 nitrogen and oxygen atoms in total. The molecule has 19 heavy (non-hydrogen) atoms. The van der Waals surface area contributed by atoms with Crippen LogP contribution >= 0.6 is 11.6 Å². The molecule has 1 rings (SSSR count). The van der Waals surface area contributed by atoms with Gasteiger partial charge in [0.15, 0.2) is 0 Å². The summed E-state index contributed by atoms with van der Waals surface area (Å²) in [6.45, 7) is 4.04. The third-order valence-corrected chi connectivity index (χ3v) is 2.98. The van der Waals surface area contributed by atoms with Gasteiger partial charge in [-0.1, -0.05) is 17.7 Å². The van der Waals surface area contributed by atoms with Crippen molar-refractivity contribution in [2.45, 2.75) is 13.8 Å². The van der Waals surface area contributed by atoms with E-state index in [2.05, 4.69) is 0 Å². The second-order valence-corrected chi connectivity index (χ2v) is 4.21. The number of hydrogen-bond donors (Lipinski definition) is 1. The number of nitrogen functional groups attached to an aromatic ring is 1. The van der Waals surface area contributed by atoms with E-state index in [0.717, 1.165) is 0 Å². The maximum atomic E-state index is 12.3. The summed E-state index contributed by atoms with van der Waals surface area (Å²) < 4.78 is 4.82. The van der Waals surface area contributed by atoms with Crippen LogP contribution in [0.15, 0.2) is 18.2 Å². The fourth-order valence-corrected chi connectivity index (χ4v) is 1.78. The standard InChI is InChI=1S/C13H17ClN2O3/c1-3-16(8-11(17)19-4-2)13(18)9-6-5-7-10(15)12(9)14/h5-7H,3-4,8,15H2,1-2H3. The smallest absolute Gasteiger partial charge is 0.325 e. The van der Waals surface area contributed by atoms with E-state index in [1.54, 1.807) is 32.0 Å². The van der Waals surface area contributed by atoms with Gasteiger partial charge in [-0.25, -0.2) is 0 Å². The molecule has 104 valence electrons. The van der Waals surface area contributed by atoms with Crippen molar-refractivity contribution in [3.63, 3.8) is 0 Å². The van der Waals surface area contributed by atoms with Crippen molar-refractivity contribution in [3.8, 4) is 0 Å². The largest absolute Gasteiger partial charge is 0.465 e. The molecule has 1 aromatic carbocycles. The molecule has 6 heteroatoms. The zero-order valence-electron chi connectivity index (χ0n) is 11.0. The SMILES string of the molecule is CCOC(=O)CN(CC)C(=O)c1cccc(N)c1Cl. The normalized spacial score (nSPS) is 10.1. The van der Waals surface area contributed by atoms with Gasteiger partial charge in [0.1, 0.15) is 6.54 Å². The number of likely N-dealkylation sites (N-methyl/N-ethyl adjacent to an activating group) is 1. The summed E-state index contributed by atoms with van der Waals surface area (Å²) in [4.78, 5) is 25.1. The van der Waals surface area contributed by atoms with Gasteiger partial charge in [0.25, 0.3) is 5.91 Å². The second kappa shape index (κ2) is 6.99. The molecule has 0 aliphatic carbocycles. The summed E-state index contributed by atoms with van der Waals surface area (Å²) in [5, 5.41) is 0.204. The number of benzene rings is 1. The number of anilines is 1. The molecule has 2 N–H and O–H groups in total. The minimum absolute atomic E-state index is 0.103. The van der Waals surface area contributed by atoms with E-state index < -0.39 is 5.97 Å². The fourth-order valence-electron chi connectivity index (χ4n) is 1.58. The van der Waals surface area contributed by atoms with Gasteiger partial charge in [-0.2, -0.15) is 0 Å².